The zero-order valence-corrected chi connectivity index (χ0v) is 11.2. The Morgan fingerprint density at radius 1 is 1.20 bits per heavy atom. The van der Waals surface area contributed by atoms with Gasteiger partial charge < -0.3 is 10.1 Å². The van der Waals surface area contributed by atoms with E-state index in [4.69, 9.17) is 4.74 Å². The maximum atomic E-state index is 13.3. The lowest BCUT2D eigenvalue weighted by molar-refractivity contribution is 0.444. The number of pyridine rings is 1. The number of hydrogen-bond donors (Lipinski definition) is 1. The van der Waals surface area contributed by atoms with Crippen LogP contribution in [0.2, 0.25) is 0 Å². The smallest absolute Gasteiger partial charge is 0.223 e. The van der Waals surface area contributed by atoms with Gasteiger partial charge in [0.25, 0.3) is 0 Å². The third-order valence-electron chi connectivity index (χ3n) is 2.64. The quantitative estimate of drug-likeness (QED) is 0.819. The molecule has 0 unspecified atom stereocenters. The molecule has 2 aromatic rings. The zero-order chi connectivity index (χ0) is 14.4. The van der Waals surface area contributed by atoms with E-state index < -0.39 is 11.6 Å². The highest BCUT2D eigenvalue weighted by molar-refractivity contribution is 5.32. The minimum absolute atomic E-state index is 0.278. The van der Waals surface area contributed by atoms with E-state index in [1.54, 1.807) is 12.1 Å². The number of ether oxygens (including phenoxy) is 1. The van der Waals surface area contributed by atoms with Gasteiger partial charge in [-0.3, -0.25) is 0 Å². The van der Waals surface area contributed by atoms with Gasteiger partial charge in [0.2, 0.25) is 5.88 Å². The third kappa shape index (κ3) is 3.99. The normalized spacial score (nSPS) is 10.6. The molecule has 0 saturated heterocycles. The molecule has 0 spiro atoms. The van der Waals surface area contributed by atoms with Gasteiger partial charge in [-0.25, -0.2) is 13.8 Å². The fraction of sp³-hybridized carbons (Fsp3) is 0.267. The maximum absolute atomic E-state index is 13.3. The van der Waals surface area contributed by atoms with Crippen LogP contribution < -0.4 is 10.1 Å². The van der Waals surface area contributed by atoms with Crippen molar-refractivity contribution >= 4 is 0 Å². The second kappa shape index (κ2) is 6.96. The number of rotatable bonds is 6. The number of nitrogens with one attached hydrogen (secondary N) is 1. The molecule has 1 heterocycles. The molecule has 2 rings (SSSR count). The topological polar surface area (TPSA) is 34.2 Å². The van der Waals surface area contributed by atoms with Crippen LogP contribution >= 0.6 is 0 Å². The Kier molecular flexibility index (Phi) is 5.01. The lowest BCUT2D eigenvalue weighted by Crippen LogP contribution is -2.15. The van der Waals surface area contributed by atoms with Crippen molar-refractivity contribution in [1.29, 1.82) is 0 Å². The molecule has 1 aromatic heterocycles. The number of hydrogen-bond acceptors (Lipinski definition) is 3. The Balaban J connectivity index is 2.17. The van der Waals surface area contributed by atoms with Gasteiger partial charge in [-0.15, -0.1) is 0 Å². The number of benzene rings is 1. The molecular weight excluding hydrogens is 262 g/mol. The van der Waals surface area contributed by atoms with Gasteiger partial charge in [0.05, 0.1) is 6.20 Å². The average Bonchev–Trinajstić information content (AvgIpc) is 2.42. The molecule has 1 aromatic carbocycles. The highest BCUT2D eigenvalue weighted by atomic mass is 19.1. The first-order chi connectivity index (χ1) is 9.69. The van der Waals surface area contributed by atoms with Gasteiger partial charge in [-0.05, 0) is 31.2 Å². The Hall–Kier alpha value is -2.01. The predicted molar refractivity (Wildman–Crippen MR) is 72.7 cm³/mol. The molecule has 0 saturated carbocycles. The van der Waals surface area contributed by atoms with Gasteiger partial charge in [0.15, 0.2) is 0 Å². The highest BCUT2D eigenvalue weighted by Gasteiger charge is 2.08. The van der Waals surface area contributed by atoms with Crippen molar-refractivity contribution in [2.45, 2.75) is 19.9 Å². The largest absolute Gasteiger partial charge is 0.439 e. The summed E-state index contributed by atoms with van der Waals surface area (Å²) in [6, 6.07) is 7.12. The van der Waals surface area contributed by atoms with Crippen molar-refractivity contribution in [3.63, 3.8) is 0 Å². The molecule has 0 amide bonds. The van der Waals surface area contributed by atoms with Crippen LogP contribution in [0, 0.1) is 11.6 Å². The molecule has 0 bridgehead atoms. The van der Waals surface area contributed by atoms with Crippen LogP contribution in [0.15, 0.2) is 36.5 Å². The summed E-state index contributed by atoms with van der Waals surface area (Å²) < 4.78 is 31.9. The third-order valence-corrected chi connectivity index (χ3v) is 2.64. The van der Waals surface area contributed by atoms with Crippen LogP contribution in [0.3, 0.4) is 0 Å². The second-order valence-corrected chi connectivity index (χ2v) is 4.35. The molecule has 20 heavy (non-hydrogen) atoms. The summed E-state index contributed by atoms with van der Waals surface area (Å²) in [5.41, 5.74) is 0.600. The minimum atomic E-state index is -0.426. The van der Waals surface area contributed by atoms with Crippen molar-refractivity contribution in [1.82, 2.24) is 10.3 Å². The highest BCUT2D eigenvalue weighted by Crippen LogP contribution is 2.24. The first-order valence-electron chi connectivity index (χ1n) is 6.47. The fourth-order valence-corrected chi connectivity index (χ4v) is 1.73. The Morgan fingerprint density at radius 3 is 2.80 bits per heavy atom. The van der Waals surface area contributed by atoms with Crippen LogP contribution in [0.5, 0.6) is 11.6 Å². The molecule has 0 aliphatic heterocycles. The fourth-order valence-electron chi connectivity index (χ4n) is 1.73. The summed E-state index contributed by atoms with van der Waals surface area (Å²) in [5.74, 6) is -0.207. The summed E-state index contributed by atoms with van der Waals surface area (Å²) in [4.78, 5) is 3.92. The van der Waals surface area contributed by atoms with E-state index in [2.05, 4.69) is 10.3 Å². The number of halogens is 2. The lowest BCUT2D eigenvalue weighted by atomic mass is 10.2. The summed E-state index contributed by atoms with van der Waals surface area (Å²) in [5, 5.41) is 3.16. The average molecular weight is 278 g/mol. The van der Waals surface area contributed by atoms with E-state index in [1.165, 1.54) is 18.2 Å². The van der Waals surface area contributed by atoms with Crippen molar-refractivity contribution in [3.8, 4) is 11.6 Å². The molecule has 0 aliphatic rings. The monoisotopic (exact) mass is 278 g/mol. The second-order valence-electron chi connectivity index (χ2n) is 4.35. The van der Waals surface area contributed by atoms with E-state index in [-0.39, 0.29) is 5.88 Å². The van der Waals surface area contributed by atoms with Gasteiger partial charge in [-0.1, -0.05) is 13.0 Å². The summed E-state index contributed by atoms with van der Waals surface area (Å²) in [6.07, 6.45) is 2.06. The zero-order valence-electron chi connectivity index (χ0n) is 11.2. The first kappa shape index (κ1) is 14.4. The van der Waals surface area contributed by atoms with E-state index in [0.29, 0.717) is 17.9 Å². The van der Waals surface area contributed by atoms with Gasteiger partial charge in [0.1, 0.15) is 17.4 Å². The number of nitrogens with zero attached hydrogens (tertiary/aromatic N) is 1. The van der Waals surface area contributed by atoms with Crippen LogP contribution in [-0.2, 0) is 6.54 Å². The molecule has 1 N–H and O–H groups in total. The van der Waals surface area contributed by atoms with Gasteiger partial charge in [0, 0.05) is 18.2 Å². The van der Waals surface area contributed by atoms with Crippen molar-refractivity contribution < 1.29 is 13.5 Å². The lowest BCUT2D eigenvalue weighted by Gasteiger charge is -2.10. The van der Waals surface area contributed by atoms with Crippen molar-refractivity contribution in [2.75, 3.05) is 6.54 Å². The molecule has 5 heteroatoms. The molecule has 0 fully saturated rings. The molecular formula is C15H16F2N2O. The predicted octanol–water partition coefficient (Wildman–Crippen LogP) is 3.65. The number of aromatic nitrogens is 1. The van der Waals surface area contributed by atoms with Crippen LogP contribution in [-0.4, -0.2) is 11.5 Å². The Morgan fingerprint density at radius 2 is 2.05 bits per heavy atom. The van der Waals surface area contributed by atoms with E-state index >= 15 is 0 Å². The van der Waals surface area contributed by atoms with Crippen LogP contribution in [0.4, 0.5) is 8.78 Å². The summed E-state index contributed by atoms with van der Waals surface area (Å²) in [7, 11) is 0. The van der Waals surface area contributed by atoms with Crippen LogP contribution in [0.25, 0.3) is 0 Å². The molecule has 0 aliphatic carbocycles. The summed E-state index contributed by atoms with van der Waals surface area (Å²) >= 11 is 0. The molecule has 0 radical (unpaired) electrons. The molecule has 3 nitrogen and oxygen atoms in total. The Bertz CT molecular complexity index is 576. The standard InChI is InChI=1S/C15H16F2N2O/c1-2-6-18-9-11-7-13(17)10-19-15(11)20-14-5-3-4-12(16)8-14/h3-5,7-8,10,18H,2,6,9H2,1H3. The first-order valence-corrected chi connectivity index (χ1v) is 6.47. The van der Waals surface area contributed by atoms with E-state index in [9.17, 15) is 8.78 Å². The molecule has 106 valence electrons. The SMILES string of the molecule is CCCNCc1cc(F)cnc1Oc1cccc(F)c1. The van der Waals surface area contributed by atoms with E-state index in [0.717, 1.165) is 19.2 Å². The minimum Gasteiger partial charge on any atom is -0.439 e. The maximum Gasteiger partial charge on any atom is 0.223 e. The van der Waals surface area contributed by atoms with E-state index in [1.807, 2.05) is 6.92 Å². The summed E-state index contributed by atoms with van der Waals surface area (Å²) in [6.45, 7) is 3.31. The Labute approximate surface area is 116 Å². The van der Waals surface area contributed by atoms with Crippen LogP contribution in [0.1, 0.15) is 18.9 Å². The van der Waals surface area contributed by atoms with Gasteiger partial charge >= 0.3 is 0 Å². The van der Waals surface area contributed by atoms with Crippen molar-refractivity contribution in [2.24, 2.45) is 0 Å². The molecule has 0 atom stereocenters. The van der Waals surface area contributed by atoms with Gasteiger partial charge in [-0.2, -0.15) is 0 Å². The van der Waals surface area contributed by atoms with Crippen molar-refractivity contribution in [3.05, 3.63) is 53.7 Å².